The third-order valence-corrected chi connectivity index (χ3v) is 3.34. The van der Waals surface area contributed by atoms with Crippen LogP contribution in [-0.4, -0.2) is 23.7 Å². The van der Waals surface area contributed by atoms with Crippen LogP contribution in [0, 0.1) is 0 Å². The van der Waals surface area contributed by atoms with Crippen LogP contribution in [0.3, 0.4) is 0 Å². The summed E-state index contributed by atoms with van der Waals surface area (Å²) in [7, 11) is 0. The molecule has 0 amide bonds. The highest BCUT2D eigenvalue weighted by atomic mass is 16.5. The van der Waals surface area contributed by atoms with Crippen LogP contribution in [0.1, 0.15) is 30.9 Å². The lowest BCUT2D eigenvalue weighted by Gasteiger charge is -2.36. The molecule has 1 aliphatic rings. The van der Waals surface area contributed by atoms with Gasteiger partial charge in [0.2, 0.25) is 0 Å². The van der Waals surface area contributed by atoms with Gasteiger partial charge in [-0.1, -0.05) is 24.3 Å². The molecule has 1 aromatic carbocycles. The Morgan fingerprint density at radius 2 is 2.28 bits per heavy atom. The van der Waals surface area contributed by atoms with Crippen LogP contribution >= 0.6 is 0 Å². The molecule has 0 radical (unpaired) electrons. The zero-order valence-corrected chi connectivity index (χ0v) is 10.6. The second-order valence-corrected chi connectivity index (χ2v) is 4.84. The minimum Gasteiger partial charge on any atom is -0.466 e. The van der Waals surface area contributed by atoms with Crippen LogP contribution < -0.4 is 5.73 Å². The fraction of sp³-hybridized carbons (Fsp3) is 0.500. The molecule has 1 aliphatic carbocycles. The maximum atomic E-state index is 11.6. The van der Waals surface area contributed by atoms with Crippen LogP contribution in [0.15, 0.2) is 24.3 Å². The highest BCUT2D eigenvalue weighted by molar-refractivity contribution is 5.71. The van der Waals surface area contributed by atoms with E-state index in [2.05, 4.69) is 0 Å². The van der Waals surface area contributed by atoms with Crippen LogP contribution in [0.5, 0.6) is 0 Å². The number of ether oxygens (including phenoxy) is 1. The number of benzene rings is 1. The molecule has 0 aliphatic heterocycles. The largest absolute Gasteiger partial charge is 0.466 e. The Labute approximate surface area is 107 Å². The van der Waals surface area contributed by atoms with Gasteiger partial charge in [0.1, 0.15) is 5.60 Å². The molecule has 3 N–H and O–H groups in total. The van der Waals surface area contributed by atoms with Gasteiger partial charge in [-0.25, -0.2) is 0 Å². The number of fused-ring (bicyclic) bond motifs is 1. The van der Waals surface area contributed by atoms with E-state index in [9.17, 15) is 9.90 Å². The predicted octanol–water partition coefficient (Wildman–Crippen LogP) is 1.10. The van der Waals surface area contributed by atoms with Crippen molar-refractivity contribution in [3.05, 3.63) is 35.4 Å². The van der Waals surface area contributed by atoms with Crippen molar-refractivity contribution in [2.24, 2.45) is 5.73 Å². The van der Waals surface area contributed by atoms with Crippen LogP contribution in [-0.2, 0) is 21.6 Å². The summed E-state index contributed by atoms with van der Waals surface area (Å²) >= 11 is 0. The number of nitrogens with two attached hydrogens (primary N) is 1. The minimum absolute atomic E-state index is 0.0362. The molecular formula is C14H19NO3. The van der Waals surface area contributed by atoms with Gasteiger partial charge in [-0.3, -0.25) is 4.79 Å². The second kappa shape index (κ2) is 5.08. The van der Waals surface area contributed by atoms with Crippen LogP contribution in [0.2, 0.25) is 0 Å². The number of carbonyl (C=O) groups excluding carboxylic acids is 1. The highest BCUT2D eigenvalue weighted by Crippen LogP contribution is 2.37. The molecule has 0 unspecified atom stereocenters. The van der Waals surface area contributed by atoms with E-state index in [1.165, 1.54) is 0 Å². The minimum atomic E-state index is -1.19. The molecule has 0 aromatic heterocycles. The first-order chi connectivity index (χ1) is 8.55. The molecule has 0 spiro atoms. The first-order valence-electron chi connectivity index (χ1n) is 6.27. The average Bonchev–Trinajstić information content (AvgIpc) is 2.28. The molecule has 1 aromatic rings. The monoisotopic (exact) mass is 249 g/mol. The first kappa shape index (κ1) is 13.1. The lowest BCUT2D eigenvalue weighted by molar-refractivity contribution is -0.150. The molecule has 0 heterocycles. The zero-order chi connectivity index (χ0) is 13.2. The molecule has 98 valence electrons. The number of rotatable bonds is 3. The molecule has 0 saturated heterocycles. The van der Waals surface area contributed by atoms with E-state index in [1.54, 1.807) is 6.92 Å². The van der Waals surface area contributed by atoms with Crippen LogP contribution in [0.25, 0.3) is 0 Å². The van der Waals surface area contributed by atoms with Crippen LogP contribution in [0.4, 0.5) is 0 Å². The number of carbonyl (C=O) groups is 1. The highest BCUT2D eigenvalue weighted by Gasteiger charge is 2.39. The predicted molar refractivity (Wildman–Crippen MR) is 67.9 cm³/mol. The Balaban J connectivity index is 2.29. The lowest BCUT2D eigenvalue weighted by Crippen LogP contribution is -2.43. The number of hydrogen-bond acceptors (Lipinski definition) is 4. The van der Waals surface area contributed by atoms with E-state index >= 15 is 0 Å². The Hall–Kier alpha value is -1.39. The second-order valence-electron chi connectivity index (χ2n) is 4.84. The maximum absolute atomic E-state index is 11.6. The molecular weight excluding hydrogens is 230 g/mol. The topological polar surface area (TPSA) is 72.5 Å². The molecule has 0 saturated carbocycles. The van der Waals surface area contributed by atoms with E-state index in [0.29, 0.717) is 13.0 Å². The average molecular weight is 249 g/mol. The van der Waals surface area contributed by atoms with Gasteiger partial charge in [-0.2, -0.15) is 0 Å². The first-order valence-corrected chi connectivity index (χ1v) is 6.27. The Kier molecular flexibility index (Phi) is 3.68. The van der Waals surface area contributed by atoms with Crippen molar-refractivity contribution in [3.63, 3.8) is 0 Å². The molecule has 0 fully saturated rings. The van der Waals surface area contributed by atoms with Gasteiger partial charge >= 0.3 is 5.97 Å². The number of aliphatic hydroxyl groups is 1. The van der Waals surface area contributed by atoms with Crippen molar-refractivity contribution < 1.29 is 14.6 Å². The Bertz CT molecular complexity index is 446. The van der Waals surface area contributed by atoms with Crippen molar-refractivity contribution >= 4 is 5.97 Å². The van der Waals surface area contributed by atoms with Gasteiger partial charge < -0.3 is 15.6 Å². The molecule has 2 rings (SSSR count). The third-order valence-electron chi connectivity index (χ3n) is 3.34. The summed E-state index contributed by atoms with van der Waals surface area (Å²) in [5.41, 5.74) is 6.59. The zero-order valence-electron chi connectivity index (χ0n) is 10.6. The number of esters is 1. The molecule has 2 atom stereocenters. The Morgan fingerprint density at radius 1 is 1.56 bits per heavy atom. The fourth-order valence-electron chi connectivity index (χ4n) is 2.67. The van der Waals surface area contributed by atoms with E-state index in [-0.39, 0.29) is 18.4 Å². The molecule has 18 heavy (non-hydrogen) atoms. The van der Waals surface area contributed by atoms with Gasteiger partial charge in [0, 0.05) is 6.04 Å². The summed E-state index contributed by atoms with van der Waals surface area (Å²) < 4.78 is 4.92. The van der Waals surface area contributed by atoms with Crippen molar-refractivity contribution in [2.45, 2.75) is 37.8 Å². The number of hydrogen-bond donors (Lipinski definition) is 2. The van der Waals surface area contributed by atoms with E-state index in [4.69, 9.17) is 10.5 Å². The van der Waals surface area contributed by atoms with Crippen molar-refractivity contribution in [3.8, 4) is 0 Å². The summed E-state index contributed by atoms with van der Waals surface area (Å²) in [5, 5.41) is 10.7. The summed E-state index contributed by atoms with van der Waals surface area (Å²) in [6, 6.07) is 7.47. The van der Waals surface area contributed by atoms with Gasteiger partial charge in [-0.15, -0.1) is 0 Å². The summed E-state index contributed by atoms with van der Waals surface area (Å²) in [5.74, 6) is -0.385. The standard InChI is InChI=1S/C14H19NO3/c1-2-18-13(16)9-14(17)8-11(15)7-10-5-3-4-6-12(10)14/h3-6,11,17H,2,7-9,15H2,1H3/t11-,14+/m1/s1. The molecule has 0 bridgehead atoms. The summed E-state index contributed by atoms with van der Waals surface area (Å²) in [6.07, 6.45) is 1.09. The van der Waals surface area contributed by atoms with Crippen molar-refractivity contribution in [1.82, 2.24) is 0 Å². The normalized spacial score (nSPS) is 26.5. The van der Waals surface area contributed by atoms with Gasteiger partial charge in [-0.05, 0) is 30.9 Å². The van der Waals surface area contributed by atoms with Gasteiger partial charge in [0.05, 0.1) is 13.0 Å². The lowest BCUT2D eigenvalue weighted by atomic mass is 9.75. The van der Waals surface area contributed by atoms with Gasteiger partial charge in [0.25, 0.3) is 0 Å². The maximum Gasteiger partial charge on any atom is 0.309 e. The van der Waals surface area contributed by atoms with E-state index < -0.39 is 5.60 Å². The van der Waals surface area contributed by atoms with E-state index in [0.717, 1.165) is 17.5 Å². The fourth-order valence-corrected chi connectivity index (χ4v) is 2.67. The smallest absolute Gasteiger partial charge is 0.309 e. The summed E-state index contributed by atoms with van der Waals surface area (Å²) in [6.45, 7) is 2.07. The third kappa shape index (κ3) is 2.54. The van der Waals surface area contributed by atoms with Crippen molar-refractivity contribution in [1.29, 1.82) is 0 Å². The molecule has 4 heteroatoms. The van der Waals surface area contributed by atoms with E-state index in [1.807, 2.05) is 24.3 Å². The quantitative estimate of drug-likeness (QED) is 0.787. The summed E-state index contributed by atoms with van der Waals surface area (Å²) in [4.78, 5) is 11.6. The van der Waals surface area contributed by atoms with Crippen molar-refractivity contribution in [2.75, 3.05) is 6.61 Å². The Morgan fingerprint density at radius 3 is 3.00 bits per heavy atom. The SMILES string of the molecule is CCOC(=O)C[C@@]1(O)C[C@H](N)Cc2ccccc21. The molecule has 4 nitrogen and oxygen atoms in total. The van der Waals surface area contributed by atoms with Gasteiger partial charge in [0.15, 0.2) is 0 Å².